The van der Waals surface area contributed by atoms with Gasteiger partial charge in [-0.3, -0.25) is 4.68 Å². The lowest BCUT2D eigenvalue weighted by Gasteiger charge is -2.03. The van der Waals surface area contributed by atoms with Gasteiger partial charge in [-0.25, -0.2) is 0 Å². The maximum Gasteiger partial charge on any atom is 0.153 e. The lowest BCUT2D eigenvalue weighted by molar-refractivity contribution is 0.772. The van der Waals surface area contributed by atoms with Crippen molar-refractivity contribution in [2.24, 2.45) is 7.05 Å². The minimum Gasteiger partial charge on any atom is -0.382 e. The van der Waals surface area contributed by atoms with Crippen molar-refractivity contribution in [1.82, 2.24) is 9.78 Å². The van der Waals surface area contributed by atoms with Gasteiger partial charge in [-0.05, 0) is 16.7 Å². The normalized spacial score (nSPS) is 10.6. The number of hydrogen-bond acceptors (Lipinski definition) is 2. The largest absolute Gasteiger partial charge is 0.382 e. The number of nitrogen functional groups attached to an aromatic ring is 1. The molecule has 94 valence electrons. The van der Waals surface area contributed by atoms with Gasteiger partial charge in [0.15, 0.2) is 5.82 Å². The quantitative estimate of drug-likeness (QED) is 0.757. The van der Waals surface area contributed by atoms with Crippen LogP contribution in [0, 0.1) is 0 Å². The van der Waals surface area contributed by atoms with Crippen molar-refractivity contribution in [3.05, 3.63) is 60.8 Å². The van der Waals surface area contributed by atoms with Crippen molar-refractivity contribution in [3.8, 4) is 22.3 Å². The van der Waals surface area contributed by atoms with E-state index in [0.717, 1.165) is 11.1 Å². The summed E-state index contributed by atoms with van der Waals surface area (Å²) < 4.78 is 1.73. The van der Waals surface area contributed by atoms with Crippen LogP contribution >= 0.6 is 0 Å². The summed E-state index contributed by atoms with van der Waals surface area (Å²) in [6.45, 7) is 0. The van der Waals surface area contributed by atoms with Gasteiger partial charge in [-0.2, -0.15) is 5.10 Å². The van der Waals surface area contributed by atoms with E-state index in [1.165, 1.54) is 11.1 Å². The van der Waals surface area contributed by atoms with E-state index in [2.05, 4.69) is 41.5 Å². The highest BCUT2D eigenvalue weighted by molar-refractivity contribution is 5.75. The van der Waals surface area contributed by atoms with Crippen LogP contribution in [-0.2, 0) is 7.05 Å². The molecule has 2 aromatic carbocycles. The molecule has 0 aliphatic carbocycles. The van der Waals surface area contributed by atoms with Crippen LogP contribution in [-0.4, -0.2) is 9.78 Å². The summed E-state index contributed by atoms with van der Waals surface area (Å²) in [6.07, 6.45) is 1.94. The van der Waals surface area contributed by atoms with E-state index in [1.807, 2.05) is 31.4 Å². The molecule has 19 heavy (non-hydrogen) atoms. The number of nitrogens with two attached hydrogens (primary N) is 1. The van der Waals surface area contributed by atoms with Crippen LogP contribution in [0.3, 0.4) is 0 Å². The van der Waals surface area contributed by atoms with Crippen LogP contribution < -0.4 is 5.73 Å². The van der Waals surface area contributed by atoms with Crippen LogP contribution in [0.15, 0.2) is 60.8 Å². The molecule has 3 rings (SSSR count). The Balaban J connectivity index is 1.98. The number of rotatable bonds is 2. The third-order valence-electron chi connectivity index (χ3n) is 3.16. The summed E-state index contributed by atoms with van der Waals surface area (Å²) in [7, 11) is 1.87. The summed E-state index contributed by atoms with van der Waals surface area (Å²) in [5, 5.41) is 4.16. The monoisotopic (exact) mass is 249 g/mol. The Morgan fingerprint density at radius 2 is 1.42 bits per heavy atom. The summed E-state index contributed by atoms with van der Waals surface area (Å²) in [5.41, 5.74) is 10.4. The van der Waals surface area contributed by atoms with Gasteiger partial charge in [-0.15, -0.1) is 0 Å². The highest BCUT2D eigenvalue weighted by atomic mass is 15.3. The Hall–Kier alpha value is -2.55. The maximum absolute atomic E-state index is 5.89. The fourth-order valence-electron chi connectivity index (χ4n) is 2.20. The number of benzene rings is 2. The minimum atomic E-state index is 0.565. The second-order valence-corrected chi connectivity index (χ2v) is 4.55. The first kappa shape index (κ1) is 11.5. The number of aromatic nitrogens is 2. The molecule has 0 aliphatic heterocycles. The molecule has 0 spiro atoms. The molecule has 1 aromatic heterocycles. The van der Waals surface area contributed by atoms with Gasteiger partial charge in [0, 0.05) is 18.8 Å². The van der Waals surface area contributed by atoms with Crippen LogP contribution in [0.5, 0.6) is 0 Å². The molecule has 0 radical (unpaired) electrons. The van der Waals surface area contributed by atoms with Gasteiger partial charge < -0.3 is 5.73 Å². The molecule has 0 fully saturated rings. The molecular formula is C16H15N3. The van der Waals surface area contributed by atoms with Crippen LogP contribution in [0.2, 0.25) is 0 Å². The van der Waals surface area contributed by atoms with Crippen molar-refractivity contribution in [2.75, 3.05) is 5.73 Å². The van der Waals surface area contributed by atoms with Gasteiger partial charge >= 0.3 is 0 Å². The molecule has 0 aliphatic rings. The molecule has 0 bridgehead atoms. The average Bonchev–Trinajstić information content (AvgIpc) is 2.79. The Morgan fingerprint density at radius 1 is 0.842 bits per heavy atom. The fourth-order valence-corrected chi connectivity index (χ4v) is 2.20. The van der Waals surface area contributed by atoms with E-state index in [9.17, 15) is 0 Å². The molecule has 0 saturated carbocycles. The molecule has 3 heteroatoms. The van der Waals surface area contributed by atoms with E-state index in [0.29, 0.717) is 5.82 Å². The van der Waals surface area contributed by atoms with Gasteiger partial charge in [0.25, 0.3) is 0 Å². The van der Waals surface area contributed by atoms with Crippen LogP contribution in [0.4, 0.5) is 5.82 Å². The smallest absolute Gasteiger partial charge is 0.153 e. The standard InChI is InChI=1S/C16H15N3/c1-19-11-15(16(17)18-19)14-9-7-13(8-10-14)12-5-3-2-4-6-12/h2-11H,1H3,(H2,17,18). The first-order valence-corrected chi connectivity index (χ1v) is 6.19. The highest BCUT2D eigenvalue weighted by Crippen LogP contribution is 2.27. The zero-order valence-electron chi connectivity index (χ0n) is 10.7. The third-order valence-corrected chi connectivity index (χ3v) is 3.16. The van der Waals surface area contributed by atoms with Gasteiger partial charge in [0.1, 0.15) is 0 Å². The number of nitrogens with zero attached hydrogens (tertiary/aromatic N) is 2. The van der Waals surface area contributed by atoms with E-state index < -0.39 is 0 Å². The maximum atomic E-state index is 5.89. The first-order chi connectivity index (χ1) is 9.24. The Kier molecular flexibility index (Phi) is 2.80. The van der Waals surface area contributed by atoms with Gasteiger partial charge in [-0.1, -0.05) is 54.6 Å². The first-order valence-electron chi connectivity index (χ1n) is 6.19. The van der Waals surface area contributed by atoms with Crippen molar-refractivity contribution in [2.45, 2.75) is 0 Å². The zero-order chi connectivity index (χ0) is 13.2. The molecule has 0 saturated heterocycles. The van der Waals surface area contributed by atoms with E-state index in [-0.39, 0.29) is 0 Å². The topological polar surface area (TPSA) is 43.8 Å². The Bertz CT molecular complexity index is 682. The molecular weight excluding hydrogens is 234 g/mol. The van der Waals surface area contributed by atoms with E-state index in [1.54, 1.807) is 4.68 Å². The average molecular weight is 249 g/mol. The predicted molar refractivity (Wildman–Crippen MR) is 78.5 cm³/mol. The minimum absolute atomic E-state index is 0.565. The van der Waals surface area contributed by atoms with Crippen LogP contribution in [0.1, 0.15) is 0 Å². The number of anilines is 1. The second kappa shape index (κ2) is 4.61. The van der Waals surface area contributed by atoms with Crippen molar-refractivity contribution >= 4 is 5.82 Å². The van der Waals surface area contributed by atoms with E-state index >= 15 is 0 Å². The van der Waals surface area contributed by atoms with Crippen molar-refractivity contribution in [3.63, 3.8) is 0 Å². The molecule has 3 nitrogen and oxygen atoms in total. The molecule has 2 N–H and O–H groups in total. The fraction of sp³-hybridized carbons (Fsp3) is 0.0625. The summed E-state index contributed by atoms with van der Waals surface area (Å²) in [5.74, 6) is 0.565. The van der Waals surface area contributed by atoms with Crippen molar-refractivity contribution < 1.29 is 0 Å². The molecule has 1 heterocycles. The second-order valence-electron chi connectivity index (χ2n) is 4.55. The summed E-state index contributed by atoms with van der Waals surface area (Å²) in [4.78, 5) is 0. The van der Waals surface area contributed by atoms with Gasteiger partial charge in [0.05, 0.1) is 0 Å². The highest BCUT2D eigenvalue weighted by Gasteiger charge is 2.06. The number of hydrogen-bond donors (Lipinski definition) is 1. The predicted octanol–water partition coefficient (Wildman–Crippen LogP) is 3.34. The summed E-state index contributed by atoms with van der Waals surface area (Å²) >= 11 is 0. The molecule has 0 unspecified atom stereocenters. The SMILES string of the molecule is Cn1cc(-c2ccc(-c3ccccc3)cc2)c(N)n1. The number of aryl methyl sites for hydroxylation is 1. The van der Waals surface area contributed by atoms with Gasteiger partial charge in [0.2, 0.25) is 0 Å². The molecule has 0 amide bonds. The lowest BCUT2D eigenvalue weighted by Crippen LogP contribution is -1.90. The van der Waals surface area contributed by atoms with E-state index in [4.69, 9.17) is 5.73 Å². The molecule has 0 atom stereocenters. The third kappa shape index (κ3) is 2.22. The zero-order valence-corrected chi connectivity index (χ0v) is 10.7. The molecule has 3 aromatic rings. The van der Waals surface area contributed by atoms with Crippen molar-refractivity contribution in [1.29, 1.82) is 0 Å². The Morgan fingerprint density at radius 3 is 2.00 bits per heavy atom. The lowest BCUT2D eigenvalue weighted by atomic mass is 10.0. The van der Waals surface area contributed by atoms with Crippen LogP contribution in [0.25, 0.3) is 22.3 Å². The summed E-state index contributed by atoms with van der Waals surface area (Å²) in [6, 6.07) is 18.7. The Labute approximate surface area is 112 Å².